The molecule has 4 aromatic carbocycles. The van der Waals surface area contributed by atoms with Crippen molar-refractivity contribution in [3.8, 4) is 0 Å². The summed E-state index contributed by atoms with van der Waals surface area (Å²) in [5.41, 5.74) is -0.709. The van der Waals surface area contributed by atoms with Gasteiger partial charge in [-0.15, -0.1) is 13.2 Å². The van der Waals surface area contributed by atoms with E-state index in [0.29, 0.717) is 5.56 Å². The molecular formula is C39H43Cl2F12O7PdS2-. The Morgan fingerprint density at radius 2 is 0.841 bits per heavy atom. The minimum atomic E-state index is -4.78. The van der Waals surface area contributed by atoms with Crippen molar-refractivity contribution in [3.63, 3.8) is 0 Å². The minimum absolute atomic E-state index is 0. The number of allylic oxidation sites excluding steroid dienone is 1. The van der Waals surface area contributed by atoms with E-state index in [1.807, 2.05) is 0 Å². The normalized spacial score (nSPS) is 11.9. The third kappa shape index (κ3) is 31.7. The SMILES string of the molecule is C=C.C=C(c1ccccc1)C(F)(F)F.CC(c1ccc(S(=O)(=O)Cl)cc1)C(F)(F)F.CC(c1ccccc1)C(F)(F)F.CO.O=C(c1ccccc1)C(F)(F)F.O=S(=O)(O)Cl.[CH3-].[HH].[Pd]. The summed E-state index contributed by atoms with van der Waals surface area (Å²) in [5.74, 6) is -4.82. The van der Waals surface area contributed by atoms with Gasteiger partial charge in [-0.05, 0) is 42.7 Å². The summed E-state index contributed by atoms with van der Waals surface area (Å²) in [6.45, 7) is 11.1. The first kappa shape index (κ1) is 68.3. The van der Waals surface area contributed by atoms with Gasteiger partial charge in [-0.25, -0.2) is 8.42 Å². The molecule has 0 spiro atoms. The number of rotatable bonds is 5. The van der Waals surface area contributed by atoms with Gasteiger partial charge in [0.1, 0.15) is 0 Å². The average molecular weight is 1090 g/mol. The molecule has 0 bridgehead atoms. The van der Waals surface area contributed by atoms with E-state index in [1.165, 1.54) is 36.4 Å². The van der Waals surface area contributed by atoms with Gasteiger partial charge in [0.25, 0.3) is 14.8 Å². The molecule has 0 aliphatic heterocycles. The maximum Gasteiger partial charge on any atom is 0.454 e. The van der Waals surface area contributed by atoms with E-state index in [9.17, 15) is 65.9 Å². The van der Waals surface area contributed by atoms with E-state index in [4.69, 9.17) is 28.8 Å². The number of hydrogen-bond acceptors (Lipinski definition) is 6. The summed E-state index contributed by atoms with van der Waals surface area (Å²) in [4.78, 5) is 10.3. The number of aliphatic hydroxyl groups is 1. The number of carbonyl (C=O) groups is 1. The van der Waals surface area contributed by atoms with Crippen molar-refractivity contribution in [1.82, 2.24) is 0 Å². The second-order valence-electron chi connectivity index (χ2n) is 10.9. The fraction of sp³-hybridized carbons (Fsp3) is 0.231. The van der Waals surface area contributed by atoms with Gasteiger partial charge >= 0.3 is 34.0 Å². The molecule has 24 heteroatoms. The van der Waals surface area contributed by atoms with Crippen molar-refractivity contribution in [1.29, 1.82) is 0 Å². The molecule has 0 aliphatic carbocycles. The Morgan fingerprint density at radius 3 is 1.10 bits per heavy atom. The molecule has 2 N–H and O–H groups in total. The van der Waals surface area contributed by atoms with Crippen LogP contribution in [0.4, 0.5) is 52.7 Å². The molecule has 0 fully saturated rings. The number of halogens is 14. The van der Waals surface area contributed by atoms with Crippen molar-refractivity contribution in [2.45, 2.75) is 55.3 Å². The quantitative estimate of drug-likeness (QED) is 0.0388. The standard InChI is InChI=1S/C9H8ClF3O2S.C9H9F3.C9H7F3.C8H5F3O.C2H4.CH4O.CH3.ClHO3S.Pd.H2/c1-6(9(11,12)13)7-2-4-8(5-3-7)16(10,14)15;2*1-7(9(10,11)12)8-5-3-2-4-6-8;9-8(10,11)7(12)6-4-2-1-3-5-6;2*1-2;;1-5(2,3)4;;/h2-6H,1H3;2-7H,1H3;2-6H,1H2;1-5H;1-2H2;2H,1H3;1H3;(H,2,3,4);;1H/q;;;;;;-1;;;. The summed E-state index contributed by atoms with van der Waals surface area (Å²) in [6, 6.07) is 26.3. The van der Waals surface area contributed by atoms with Crippen LogP contribution in [0.25, 0.3) is 5.57 Å². The maximum atomic E-state index is 12.3. The Bertz CT molecular complexity index is 2010. The zero-order valence-corrected chi connectivity index (χ0v) is 37.8. The van der Waals surface area contributed by atoms with Crippen molar-refractivity contribution in [2.75, 3.05) is 7.11 Å². The van der Waals surface area contributed by atoms with Gasteiger partial charge < -0.3 is 12.5 Å². The third-order valence-electron chi connectivity index (χ3n) is 6.70. The van der Waals surface area contributed by atoms with Gasteiger partial charge in [-0.2, -0.15) is 61.1 Å². The van der Waals surface area contributed by atoms with Crippen LogP contribution < -0.4 is 0 Å². The van der Waals surface area contributed by atoms with Crippen LogP contribution in [0.5, 0.6) is 0 Å². The number of alkyl halides is 12. The first-order valence-electron chi connectivity index (χ1n) is 16.0. The Kier molecular flexibility index (Phi) is 33.8. The molecule has 0 amide bonds. The fourth-order valence-corrected chi connectivity index (χ4v) is 4.36. The number of hydrogen-bond donors (Lipinski definition) is 2. The van der Waals surface area contributed by atoms with Crippen LogP contribution in [0.2, 0.25) is 0 Å². The van der Waals surface area contributed by atoms with Crippen molar-refractivity contribution < 1.29 is 106 Å². The second-order valence-corrected chi connectivity index (χ2v) is 15.5. The van der Waals surface area contributed by atoms with Gasteiger partial charge in [-0.1, -0.05) is 110 Å². The zero-order valence-electron chi connectivity index (χ0n) is 33.1. The zero-order chi connectivity index (χ0) is 48.6. The van der Waals surface area contributed by atoms with Crippen LogP contribution in [0.1, 0.15) is 54.2 Å². The molecule has 4 aromatic rings. The summed E-state index contributed by atoms with van der Waals surface area (Å²) in [7, 11) is 2.00. The van der Waals surface area contributed by atoms with E-state index in [-0.39, 0.29) is 50.9 Å². The number of carbonyl (C=O) groups excluding carboxylic acids is 1. The smallest absolute Gasteiger partial charge is 0.400 e. The van der Waals surface area contributed by atoms with Crippen LogP contribution >= 0.6 is 21.4 Å². The molecule has 0 radical (unpaired) electrons. The number of benzene rings is 4. The minimum Gasteiger partial charge on any atom is -0.400 e. The first-order valence-corrected chi connectivity index (χ1v) is 20.6. The molecule has 362 valence electrons. The van der Waals surface area contributed by atoms with Crippen LogP contribution in [0.3, 0.4) is 0 Å². The number of aliphatic hydroxyl groups excluding tert-OH is 1. The monoisotopic (exact) mass is 1090 g/mol. The predicted octanol–water partition coefficient (Wildman–Crippen LogP) is 13.5. The average Bonchev–Trinajstić information content (AvgIpc) is 3.17. The Morgan fingerprint density at radius 1 is 0.571 bits per heavy atom. The van der Waals surface area contributed by atoms with Gasteiger partial charge in [0.15, 0.2) is 0 Å². The van der Waals surface area contributed by atoms with E-state index in [2.05, 4.69) is 30.4 Å². The maximum absolute atomic E-state index is 12.3. The van der Waals surface area contributed by atoms with E-state index in [0.717, 1.165) is 57.4 Å². The molecule has 2 atom stereocenters. The third-order valence-corrected chi connectivity index (χ3v) is 8.07. The van der Waals surface area contributed by atoms with Gasteiger partial charge in [0.2, 0.25) is 0 Å². The topological polar surface area (TPSA) is 126 Å². The fourth-order valence-electron chi connectivity index (χ4n) is 3.59. The van der Waals surface area contributed by atoms with Gasteiger partial charge in [0.05, 0.1) is 22.3 Å². The Labute approximate surface area is 382 Å². The van der Waals surface area contributed by atoms with Crippen molar-refractivity contribution in [3.05, 3.63) is 165 Å². The largest absolute Gasteiger partial charge is 0.454 e. The molecule has 0 saturated carbocycles. The summed E-state index contributed by atoms with van der Waals surface area (Å²) < 4.78 is 192. The van der Waals surface area contributed by atoms with E-state index >= 15 is 0 Å². The Hall–Kier alpha value is -3.75. The number of ketones is 1. The van der Waals surface area contributed by atoms with Gasteiger partial charge in [-0.3, -0.25) is 9.35 Å². The Balaban J connectivity index is -0.000000163. The molecule has 0 heterocycles. The summed E-state index contributed by atoms with van der Waals surface area (Å²) in [6.07, 6.45) is -17.6. The molecule has 2 unspecified atom stereocenters. The molecule has 63 heavy (non-hydrogen) atoms. The molecular weight excluding hydrogens is 1050 g/mol. The molecule has 0 aromatic heterocycles. The van der Waals surface area contributed by atoms with E-state index in [1.54, 1.807) is 42.5 Å². The van der Waals surface area contributed by atoms with Crippen LogP contribution in [-0.2, 0) is 38.8 Å². The molecule has 4 rings (SSSR count). The summed E-state index contributed by atoms with van der Waals surface area (Å²) >= 11 is 0. The summed E-state index contributed by atoms with van der Waals surface area (Å²) in [5, 5.41) is 7.00. The second kappa shape index (κ2) is 31.2. The molecule has 0 aliphatic rings. The first-order chi connectivity index (χ1) is 27.7. The molecule has 7 nitrogen and oxygen atoms in total. The van der Waals surface area contributed by atoms with Crippen LogP contribution in [-0.4, -0.2) is 64.1 Å². The van der Waals surface area contributed by atoms with Crippen LogP contribution in [0, 0.1) is 7.43 Å². The van der Waals surface area contributed by atoms with Gasteiger partial charge in [0, 0.05) is 55.9 Å². The van der Waals surface area contributed by atoms with Crippen LogP contribution in [0.15, 0.2) is 140 Å². The predicted molar refractivity (Wildman–Crippen MR) is 219 cm³/mol. The van der Waals surface area contributed by atoms with Crippen molar-refractivity contribution >= 4 is 51.1 Å². The number of Topliss-reactive ketones (excluding diaryl/α,β-unsaturated/α-hetero) is 1. The van der Waals surface area contributed by atoms with Crippen molar-refractivity contribution in [2.24, 2.45) is 0 Å². The molecule has 0 saturated heterocycles. The van der Waals surface area contributed by atoms with E-state index < -0.39 is 66.3 Å².